The van der Waals surface area contributed by atoms with E-state index in [4.69, 9.17) is 9.47 Å². The van der Waals surface area contributed by atoms with E-state index in [0.717, 1.165) is 0 Å². The SMILES string of the molecule is COC(=O)c1ccc(NC(=O)c2cc(Oc3ccc(C(=O)N(C)C)cn3)nc(OC(C)C)c2)nc1. The number of aromatic nitrogens is 3. The summed E-state index contributed by atoms with van der Waals surface area (Å²) in [6.45, 7) is 3.65. The predicted octanol–water partition coefficient (Wildman–Crippen LogP) is 3.19. The van der Waals surface area contributed by atoms with Gasteiger partial charge in [0.15, 0.2) is 0 Å². The summed E-state index contributed by atoms with van der Waals surface area (Å²) in [7, 11) is 4.56. The molecule has 2 amide bonds. The summed E-state index contributed by atoms with van der Waals surface area (Å²) < 4.78 is 16.0. The van der Waals surface area contributed by atoms with Crippen LogP contribution in [-0.2, 0) is 4.74 Å². The normalized spacial score (nSPS) is 10.5. The molecule has 0 aromatic carbocycles. The van der Waals surface area contributed by atoms with Crippen molar-refractivity contribution in [2.45, 2.75) is 20.0 Å². The van der Waals surface area contributed by atoms with E-state index in [9.17, 15) is 14.4 Å². The molecule has 0 aliphatic carbocycles. The van der Waals surface area contributed by atoms with Crippen molar-refractivity contribution in [3.63, 3.8) is 0 Å². The largest absolute Gasteiger partial charge is 0.475 e. The molecule has 3 rings (SSSR count). The van der Waals surface area contributed by atoms with E-state index in [0.29, 0.717) is 5.56 Å². The van der Waals surface area contributed by atoms with Gasteiger partial charge in [0.1, 0.15) is 5.82 Å². The van der Waals surface area contributed by atoms with Crippen LogP contribution in [0, 0.1) is 0 Å². The number of methoxy groups -OCH3 is 1. The number of rotatable bonds is 8. The zero-order valence-electron chi connectivity index (χ0n) is 19.9. The number of amides is 2. The van der Waals surface area contributed by atoms with Crippen LogP contribution in [0.1, 0.15) is 44.9 Å². The zero-order valence-corrected chi connectivity index (χ0v) is 19.9. The van der Waals surface area contributed by atoms with Crippen molar-refractivity contribution in [2.75, 3.05) is 26.5 Å². The minimum atomic E-state index is -0.533. The number of ether oxygens (including phenoxy) is 3. The average Bonchev–Trinajstić information content (AvgIpc) is 2.83. The van der Waals surface area contributed by atoms with Gasteiger partial charge in [0.05, 0.1) is 29.9 Å². The fourth-order valence-corrected chi connectivity index (χ4v) is 2.79. The molecule has 0 spiro atoms. The minimum absolute atomic E-state index is 0.0708. The van der Waals surface area contributed by atoms with E-state index in [1.807, 2.05) is 13.8 Å². The van der Waals surface area contributed by atoms with Crippen LogP contribution in [0.15, 0.2) is 48.8 Å². The molecule has 0 bridgehead atoms. The third kappa shape index (κ3) is 6.73. The van der Waals surface area contributed by atoms with E-state index in [1.54, 1.807) is 20.2 Å². The molecule has 35 heavy (non-hydrogen) atoms. The first-order valence-electron chi connectivity index (χ1n) is 10.6. The summed E-state index contributed by atoms with van der Waals surface area (Å²) in [6, 6.07) is 8.97. The number of carbonyl (C=O) groups is 3. The Bertz CT molecular complexity index is 1210. The maximum absolute atomic E-state index is 12.9. The number of carbonyl (C=O) groups excluding carboxylic acids is 3. The van der Waals surface area contributed by atoms with Crippen molar-refractivity contribution in [3.05, 3.63) is 65.5 Å². The van der Waals surface area contributed by atoms with Crippen LogP contribution in [0.3, 0.4) is 0 Å². The molecule has 1 N–H and O–H groups in total. The smallest absolute Gasteiger partial charge is 0.339 e. The highest BCUT2D eigenvalue weighted by molar-refractivity contribution is 6.04. The van der Waals surface area contributed by atoms with Gasteiger partial charge < -0.3 is 24.4 Å². The summed E-state index contributed by atoms with van der Waals surface area (Å²) in [5.41, 5.74) is 0.852. The average molecular weight is 479 g/mol. The van der Waals surface area contributed by atoms with Crippen molar-refractivity contribution in [1.82, 2.24) is 19.9 Å². The standard InChI is InChI=1S/C24H25N5O6/c1-14(2)34-20-10-17(22(30)27-18-8-6-16(13-25-18)24(32)33-5)11-21(28-20)35-19-9-7-15(12-26-19)23(31)29(3)4/h6-14H,1-5H3,(H,25,27,30). The summed E-state index contributed by atoms with van der Waals surface area (Å²) in [5, 5.41) is 2.65. The number of nitrogens with one attached hydrogen (secondary N) is 1. The molecule has 182 valence electrons. The lowest BCUT2D eigenvalue weighted by Gasteiger charge is -2.13. The minimum Gasteiger partial charge on any atom is -0.475 e. The third-order valence-electron chi connectivity index (χ3n) is 4.42. The van der Waals surface area contributed by atoms with Crippen molar-refractivity contribution < 1.29 is 28.6 Å². The highest BCUT2D eigenvalue weighted by atomic mass is 16.5. The monoisotopic (exact) mass is 479 g/mol. The van der Waals surface area contributed by atoms with Crippen LogP contribution in [-0.4, -0.2) is 64.9 Å². The second kappa shape index (κ2) is 11.1. The van der Waals surface area contributed by atoms with Gasteiger partial charge in [-0.1, -0.05) is 0 Å². The van der Waals surface area contributed by atoms with Gasteiger partial charge in [-0.3, -0.25) is 9.59 Å². The highest BCUT2D eigenvalue weighted by Gasteiger charge is 2.16. The molecule has 0 fully saturated rings. The molecule has 0 aliphatic rings. The highest BCUT2D eigenvalue weighted by Crippen LogP contribution is 2.24. The lowest BCUT2D eigenvalue weighted by molar-refractivity contribution is 0.0600. The number of pyridine rings is 3. The van der Waals surface area contributed by atoms with Crippen LogP contribution in [0.2, 0.25) is 0 Å². The molecule has 3 aromatic heterocycles. The van der Waals surface area contributed by atoms with Gasteiger partial charge in [-0.25, -0.2) is 14.8 Å². The Hall–Kier alpha value is -4.54. The number of esters is 1. The van der Waals surface area contributed by atoms with Gasteiger partial charge in [0.2, 0.25) is 17.6 Å². The van der Waals surface area contributed by atoms with Gasteiger partial charge in [0.25, 0.3) is 11.8 Å². The van der Waals surface area contributed by atoms with Crippen LogP contribution < -0.4 is 14.8 Å². The molecule has 0 unspecified atom stereocenters. The molecular formula is C24H25N5O6. The topological polar surface area (TPSA) is 133 Å². The second-order valence-electron chi connectivity index (χ2n) is 7.76. The van der Waals surface area contributed by atoms with Gasteiger partial charge in [0, 0.05) is 44.7 Å². The molecule has 11 nitrogen and oxygen atoms in total. The summed E-state index contributed by atoms with van der Waals surface area (Å²) in [4.78, 5) is 50.4. The lowest BCUT2D eigenvalue weighted by Crippen LogP contribution is -2.21. The summed E-state index contributed by atoms with van der Waals surface area (Å²) in [6.07, 6.45) is 2.49. The van der Waals surface area contributed by atoms with Gasteiger partial charge >= 0.3 is 5.97 Å². The van der Waals surface area contributed by atoms with Crippen molar-refractivity contribution in [2.24, 2.45) is 0 Å². The molecule has 0 atom stereocenters. The van der Waals surface area contributed by atoms with Crippen LogP contribution in [0.5, 0.6) is 17.6 Å². The first kappa shape index (κ1) is 25.1. The number of nitrogens with zero attached hydrogens (tertiary/aromatic N) is 4. The van der Waals surface area contributed by atoms with E-state index >= 15 is 0 Å². The Morgan fingerprint density at radius 1 is 0.886 bits per heavy atom. The Morgan fingerprint density at radius 2 is 1.57 bits per heavy atom. The van der Waals surface area contributed by atoms with E-state index in [-0.39, 0.29) is 46.6 Å². The molecule has 0 radical (unpaired) electrons. The first-order valence-corrected chi connectivity index (χ1v) is 10.6. The van der Waals surface area contributed by atoms with Crippen LogP contribution >= 0.6 is 0 Å². The molecule has 0 saturated heterocycles. The Labute approximate surface area is 202 Å². The zero-order chi connectivity index (χ0) is 25.5. The second-order valence-corrected chi connectivity index (χ2v) is 7.76. The first-order chi connectivity index (χ1) is 16.7. The maximum Gasteiger partial charge on any atom is 0.339 e. The predicted molar refractivity (Wildman–Crippen MR) is 126 cm³/mol. The van der Waals surface area contributed by atoms with Crippen molar-refractivity contribution >= 4 is 23.6 Å². The Kier molecular flexibility index (Phi) is 7.92. The lowest BCUT2D eigenvalue weighted by atomic mass is 10.2. The Balaban J connectivity index is 1.82. The fourth-order valence-electron chi connectivity index (χ4n) is 2.79. The number of anilines is 1. The fraction of sp³-hybridized carbons (Fsp3) is 0.250. The quantitative estimate of drug-likeness (QED) is 0.484. The molecule has 11 heteroatoms. The van der Waals surface area contributed by atoms with Crippen LogP contribution in [0.4, 0.5) is 5.82 Å². The third-order valence-corrected chi connectivity index (χ3v) is 4.42. The van der Waals surface area contributed by atoms with Gasteiger partial charge in [-0.2, -0.15) is 4.98 Å². The van der Waals surface area contributed by atoms with Crippen molar-refractivity contribution in [1.29, 1.82) is 0 Å². The molecule has 0 saturated carbocycles. The number of hydrogen-bond donors (Lipinski definition) is 1. The maximum atomic E-state index is 12.9. The molecule has 0 aliphatic heterocycles. The summed E-state index contributed by atoms with van der Waals surface area (Å²) >= 11 is 0. The van der Waals surface area contributed by atoms with E-state index < -0.39 is 11.9 Å². The molecular weight excluding hydrogens is 454 g/mol. The van der Waals surface area contributed by atoms with Crippen molar-refractivity contribution in [3.8, 4) is 17.6 Å². The van der Waals surface area contributed by atoms with E-state index in [1.165, 1.54) is 54.7 Å². The van der Waals surface area contributed by atoms with E-state index in [2.05, 4.69) is 25.0 Å². The Morgan fingerprint density at radius 3 is 2.14 bits per heavy atom. The molecule has 3 aromatic rings. The summed E-state index contributed by atoms with van der Waals surface area (Å²) in [5.74, 6) is -0.560. The van der Waals surface area contributed by atoms with Gasteiger partial charge in [-0.05, 0) is 32.0 Å². The van der Waals surface area contributed by atoms with Crippen LogP contribution in [0.25, 0.3) is 0 Å². The molecule has 3 heterocycles. The van der Waals surface area contributed by atoms with Gasteiger partial charge in [-0.15, -0.1) is 0 Å². The number of hydrogen-bond acceptors (Lipinski definition) is 9.